The van der Waals surface area contributed by atoms with Gasteiger partial charge in [0.2, 0.25) is 0 Å². The van der Waals surface area contributed by atoms with Crippen LogP contribution in [0.15, 0.2) is 42.5 Å². The van der Waals surface area contributed by atoms with E-state index in [0.29, 0.717) is 6.54 Å². The fourth-order valence-electron chi connectivity index (χ4n) is 1.82. The molecule has 0 unspecified atom stereocenters. The molecule has 0 spiro atoms. The lowest BCUT2D eigenvalue weighted by Gasteiger charge is -2.02. The van der Waals surface area contributed by atoms with Crippen LogP contribution in [0.4, 0.5) is 5.13 Å². The van der Waals surface area contributed by atoms with Crippen molar-refractivity contribution in [3.05, 3.63) is 58.1 Å². The van der Waals surface area contributed by atoms with Crippen molar-refractivity contribution in [1.82, 2.24) is 4.98 Å². The second-order valence-electron chi connectivity index (χ2n) is 4.09. The third kappa shape index (κ3) is 2.84. The van der Waals surface area contributed by atoms with E-state index in [-0.39, 0.29) is 0 Å². The number of thiazole rings is 1. The van der Waals surface area contributed by atoms with E-state index in [2.05, 4.69) is 10.3 Å². The maximum absolute atomic E-state index is 6.13. The molecule has 3 aromatic rings. The number of halogens is 2. The number of rotatable bonds is 3. The molecule has 0 bridgehead atoms. The molecule has 0 aliphatic carbocycles. The summed E-state index contributed by atoms with van der Waals surface area (Å²) in [6, 6.07) is 13.5. The van der Waals surface area contributed by atoms with Gasteiger partial charge in [0, 0.05) is 11.6 Å². The molecule has 5 heteroatoms. The average Bonchev–Trinajstić information content (AvgIpc) is 2.81. The Bertz CT molecular complexity index is 724. The summed E-state index contributed by atoms with van der Waals surface area (Å²) >= 11 is 13.6. The van der Waals surface area contributed by atoms with Crippen LogP contribution in [0.3, 0.4) is 0 Å². The SMILES string of the molecule is Clc1cccc(CNc2nc3cccc(Cl)c3s2)c1. The Labute approximate surface area is 125 Å². The highest BCUT2D eigenvalue weighted by molar-refractivity contribution is 7.22. The van der Waals surface area contributed by atoms with Crippen LogP contribution in [0, 0.1) is 0 Å². The zero-order valence-electron chi connectivity index (χ0n) is 9.86. The summed E-state index contributed by atoms with van der Waals surface area (Å²) in [6.45, 7) is 0.692. The molecular formula is C14H10Cl2N2S. The maximum Gasteiger partial charge on any atom is 0.184 e. The Balaban J connectivity index is 1.80. The third-order valence-electron chi connectivity index (χ3n) is 2.70. The van der Waals surface area contributed by atoms with Crippen LogP contribution in [0.25, 0.3) is 10.2 Å². The largest absolute Gasteiger partial charge is 0.357 e. The Kier molecular flexibility index (Phi) is 3.60. The molecule has 2 nitrogen and oxygen atoms in total. The number of fused-ring (bicyclic) bond motifs is 1. The minimum absolute atomic E-state index is 0.692. The highest BCUT2D eigenvalue weighted by atomic mass is 35.5. The van der Waals surface area contributed by atoms with Gasteiger partial charge in [-0.3, -0.25) is 0 Å². The molecule has 0 radical (unpaired) electrons. The lowest BCUT2D eigenvalue weighted by atomic mass is 10.2. The minimum atomic E-state index is 0.692. The molecule has 0 atom stereocenters. The van der Waals surface area contributed by atoms with E-state index in [0.717, 1.165) is 31.0 Å². The fourth-order valence-corrected chi connectivity index (χ4v) is 3.18. The van der Waals surface area contributed by atoms with E-state index in [4.69, 9.17) is 23.2 Å². The van der Waals surface area contributed by atoms with Crippen LogP contribution >= 0.6 is 34.5 Å². The molecule has 0 amide bonds. The van der Waals surface area contributed by atoms with Crippen LogP contribution in [-0.4, -0.2) is 4.98 Å². The van der Waals surface area contributed by atoms with E-state index in [1.807, 2.05) is 42.5 Å². The maximum atomic E-state index is 6.13. The van der Waals surface area contributed by atoms with E-state index >= 15 is 0 Å². The Morgan fingerprint density at radius 1 is 1.11 bits per heavy atom. The first-order valence-corrected chi connectivity index (χ1v) is 7.33. The highest BCUT2D eigenvalue weighted by Crippen LogP contribution is 2.31. The predicted molar refractivity (Wildman–Crippen MR) is 83.4 cm³/mol. The van der Waals surface area contributed by atoms with Crippen LogP contribution < -0.4 is 5.32 Å². The van der Waals surface area contributed by atoms with E-state index in [9.17, 15) is 0 Å². The molecule has 19 heavy (non-hydrogen) atoms. The minimum Gasteiger partial charge on any atom is -0.357 e. The Morgan fingerprint density at radius 2 is 1.95 bits per heavy atom. The van der Waals surface area contributed by atoms with Gasteiger partial charge in [0.1, 0.15) is 0 Å². The molecule has 1 aromatic heterocycles. The summed E-state index contributed by atoms with van der Waals surface area (Å²) in [4.78, 5) is 4.50. The zero-order chi connectivity index (χ0) is 13.2. The third-order valence-corrected chi connectivity index (χ3v) is 4.42. The topological polar surface area (TPSA) is 24.9 Å². The first kappa shape index (κ1) is 12.7. The van der Waals surface area contributed by atoms with Gasteiger partial charge in [0.15, 0.2) is 5.13 Å². The van der Waals surface area contributed by atoms with Gasteiger partial charge >= 0.3 is 0 Å². The predicted octanol–water partition coefficient (Wildman–Crippen LogP) is 5.22. The highest BCUT2D eigenvalue weighted by Gasteiger charge is 2.06. The van der Waals surface area contributed by atoms with Gasteiger partial charge in [-0.2, -0.15) is 0 Å². The molecule has 3 rings (SSSR count). The van der Waals surface area contributed by atoms with Crippen molar-refractivity contribution in [3.8, 4) is 0 Å². The summed E-state index contributed by atoms with van der Waals surface area (Å²) < 4.78 is 1.01. The molecule has 0 saturated carbocycles. The van der Waals surface area contributed by atoms with E-state index in [1.54, 1.807) is 11.3 Å². The second kappa shape index (κ2) is 5.37. The van der Waals surface area contributed by atoms with Crippen molar-refractivity contribution >= 4 is 49.9 Å². The molecule has 2 aromatic carbocycles. The molecule has 96 valence electrons. The number of hydrogen-bond donors (Lipinski definition) is 1. The van der Waals surface area contributed by atoms with Crippen LogP contribution in [0.2, 0.25) is 10.0 Å². The van der Waals surface area contributed by atoms with Crippen LogP contribution in [0.1, 0.15) is 5.56 Å². The monoisotopic (exact) mass is 308 g/mol. The van der Waals surface area contributed by atoms with Gasteiger partial charge in [-0.25, -0.2) is 4.98 Å². The number of anilines is 1. The van der Waals surface area contributed by atoms with Crippen LogP contribution in [-0.2, 0) is 6.54 Å². The van der Waals surface area contributed by atoms with Crippen molar-refractivity contribution in [2.45, 2.75) is 6.54 Å². The van der Waals surface area contributed by atoms with Gasteiger partial charge in [0.05, 0.1) is 15.2 Å². The molecule has 0 fully saturated rings. The van der Waals surface area contributed by atoms with Crippen molar-refractivity contribution in [2.24, 2.45) is 0 Å². The molecule has 1 N–H and O–H groups in total. The Hall–Kier alpha value is -1.29. The van der Waals surface area contributed by atoms with Gasteiger partial charge in [0.25, 0.3) is 0 Å². The van der Waals surface area contributed by atoms with Gasteiger partial charge in [-0.15, -0.1) is 0 Å². The molecule has 0 aliphatic heterocycles. The molecular weight excluding hydrogens is 299 g/mol. The molecule has 0 aliphatic rings. The number of nitrogens with zero attached hydrogens (tertiary/aromatic N) is 1. The summed E-state index contributed by atoms with van der Waals surface area (Å²) in [7, 11) is 0. The molecule has 1 heterocycles. The average molecular weight is 309 g/mol. The lowest BCUT2D eigenvalue weighted by Crippen LogP contribution is -1.98. The first-order chi connectivity index (χ1) is 9.22. The second-order valence-corrected chi connectivity index (χ2v) is 5.93. The quantitative estimate of drug-likeness (QED) is 0.718. The van der Waals surface area contributed by atoms with Crippen molar-refractivity contribution in [3.63, 3.8) is 0 Å². The van der Waals surface area contributed by atoms with Gasteiger partial charge < -0.3 is 5.32 Å². The first-order valence-electron chi connectivity index (χ1n) is 5.76. The fraction of sp³-hybridized carbons (Fsp3) is 0.0714. The molecule has 0 saturated heterocycles. The normalized spacial score (nSPS) is 10.8. The number of aromatic nitrogens is 1. The number of benzene rings is 2. The summed E-state index contributed by atoms with van der Waals surface area (Å²) in [6.07, 6.45) is 0. The summed E-state index contributed by atoms with van der Waals surface area (Å²) in [5, 5.41) is 5.64. The standard InChI is InChI=1S/C14H10Cl2N2S/c15-10-4-1-3-9(7-10)8-17-14-18-12-6-2-5-11(16)13(12)19-14/h1-7H,8H2,(H,17,18). The summed E-state index contributed by atoms with van der Waals surface area (Å²) in [5.74, 6) is 0. The van der Waals surface area contributed by atoms with Gasteiger partial charge in [-0.05, 0) is 29.8 Å². The smallest absolute Gasteiger partial charge is 0.184 e. The van der Waals surface area contributed by atoms with Crippen molar-refractivity contribution in [1.29, 1.82) is 0 Å². The van der Waals surface area contributed by atoms with Crippen LogP contribution in [0.5, 0.6) is 0 Å². The number of hydrogen-bond acceptors (Lipinski definition) is 3. The van der Waals surface area contributed by atoms with E-state index in [1.165, 1.54) is 0 Å². The van der Waals surface area contributed by atoms with Crippen molar-refractivity contribution in [2.75, 3.05) is 5.32 Å². The zero-order valence-corrected chi connectivity index (χ0v) is 12.2. The van der Waals surface area contributed by atoms with Crippen molar-refractivity contribution < 1.29 is 0 Å². The van der Waals surface area contributed by atoms with E-state index < -0.39 is 0 Å². The summed E-state index contributed by atoms with van der Waals surface area (Å²) in [5.41, 5.74) is 2.05. The van der Waals surface area contributed by atoms with Gasteiger partial charge in [-0.1, -0.05) is 52.7 Å². The number of nitrogens with one attached hydrogen (secondary N) is 1. The Morgan fingerprint density at radius 3 is 2.74 bits per heavy atom. The lowest BCUT2D eigenvalue weighted by molar-refractivity contribution is 1.14.